The summed E-state index contributed by atoms with van der Waals surface area (Å²) in [6.07, 6.45) is 4.48. The van der Waals surface area contributed by atoms with Gasteiger partial charge in [0.2, 0.25) is 0 Å². The zero-order valence-electron chi connectivity index (χ0n) is 11.0. The number of rotatable bonds is 3. The normalized spacial score (nSPS) is 23.7. The quantitative estimate of drug-likeness (QED) is 0.743. The van der Waals surface area contributed by atoms with Crippen molar-refractivity contribution >= 4 is 6.02 Å². The second kappa shape index (κ2) is 5.84. The van der Waals surface area contributed by atoms with Gasteiger partial charge < -0.3 is 20.3 Å². The Morgan fingerprint density at radius 1 is 1.61 bits per heavy atom. The molecule has 1 aliphatic heterocycles. The van der Waals surface area contributed by atoms with Gasteiger partial charge in [-0.3, -0.25) is 0 Å². The van der Waals surface area contributed by atoms with Crippen LogP contribution in [0.15, 0.2) is 41.1 Å². The number of aliphatic hydroxyl groups excluding tert-OH is 1. The van der Waals surface area contributed by atoms with Gasteiger partial charge in [-0.05, 0) is 11.6 Å². The highest BCUT2D eigenvalue weighted by atomic mass is 16.6. The van der Waals surface area contributed by atoms with Gasteiger partial charge in [0.15, 0.2) is 6.29 Å². The molecule has 1 atom stereocenters. The molecule has 5 nitrogen and oxygen atoms in total. The summed E-state index contributed by atoms with van der Waals surface area (Å²) in [4.78, 5) is 3.97. The molecule has 1 aliphatic rings. The first-order chi connectivity index (χ1) is 8.37. The number of allylic oxidation sites excluding steroid dienone is 2. The van der Waals surface area contributed by atoms with E-state index in [9.17, 15) is 5.11 Å². The van der Waals surface area contributed by atoms with E-state index >= 15 is 0 Å². The van der Waals surface area contributed by atoms with Gasteiger partial charge in [0.05, 0.1) is 6.54 Å². The third-order valence-electron chi connectivity index (χ3n) is 2.79. The van der Waals surface area contributed by atoms with Crippen LogP contribution in [0.4, 0.5) is 0 Å². The minimum absolute atomic E-state index is 0.0762. The molecule has 100 valence electrons. The van der Waals surface area contributed by atoms with Gasteiger partial charge >= 0.3 is 0 Å². The molecule has 0 radical (unpaired) electrons. The van der Waals surface area contributed by atoms with E-state index in [1.165, 1.54) is 7.11 Å². The molecule has 3 N–H and O–H groups in total. The maximum absolute atomic E-state index is 9.89. The fourth-order valence-corrected chi connectivity index (χ4v) is 1.58. The third-order valence-corrected chi connectivity index (χ3v) is 2.79. The van der Waals surface area contributed by atoms with Crippen LogP contribution >= 0.6 is 0 Å². The molecule has 0 aliphatic carbocycles. The summed E-state index contributed by atoms with van der Waals surface area (Å²) in [6, 6.07) is 0.0762. The monoisotopic (exact) mass is 252 g/mol. The summed E-state index contributed by atoms with van der Waals surface area (Å²) in [7, 11) is 1.46. The predicted molar refractivity (Wildman–Crippen MR) is 70.7 cm³/mol. The lowest BCUT2D eigenvalue weighted by Crippen LogP contribution is -2.32. The standard InChI is InChI=1S/C13H20N2O3/c1-9-8-10(13(2,3)11(16)17-4)6-5-7-15-12(14)18-9/h5-6,8,11,16H,1,7H2,2-4H3,(H2,14,15)/b6-5-,10-8+. The average molecular weight is 252 g/mol. The SMILES string of the molecule is C=C1/C=C(C(C)(C)C(O)OC)\C=C/CN=C(N)O1. The van der Waals surface area contributed by atoms with Crippen molar-refractivity contribution in [2.45, 2.75) is 20.1 Å². The molecule has 0 aromatic carbocycles. The van der Waals surface area contributed by atoms with E-state index in [0.29, 0.717) is 12.3 Å². The van der Waals surface area contributed by atoms with Crippen LogP contribution in [0.25, 0.3) is 0 Å². The van der Waals surface area contributed by atoms with Crippen molar-refractivity contribution in [3.63, 3.8) is 0 Å². The highest BCUT2D eigenvalue weighted by Gasteiger charge is 2.31. The van der Waals surface area contributed by atoms with Crippen LogP contribution in [0, 0.1) is 5.41 Å². The van der Waals surface area contributed by atoms with Crippen LogP contribution < -0.4 is 5.73 Å². The maximum Gasteiger partial charge on any atom is 0.287 e. The average Bonchev–Trinajstić information content (AvgIpc) is 2.38. The molecule has 0 bridgehead atoms. The van der Waals surface area contributed by atoms with E-state index in [1.54, 1.807) is 6.08 Å². The van der Waals surface area contributed by atoms with Crippen LogP contribution in [0.2, 0.25) is 0 Å². The van der Waals surface area contributed by atoms with Crippen LogP contribution in [0.3, 0.4) is 0 Å². The molecule has 18 heavy (non-hydrogen) atoms. The van der Waals surface area contributed by atoms with Crippen LogP contribution in [0.5, 0.6) is 0 Å². The van der Waals surface area contributed by atoms with Crippen molar-refractivity contribution in [3.8, 4) is 0 Å². The number of nitrogens with two attached hydrogens (primary N) is 1. The molecule has 0 saturated carbocycles. The molecule has 0 fully saturated rings. The molecule has 0 spiro atoms. The minimum Gasteiger partial charge on any atom is -0.427 e. The number of amidine groups is 1. The molecular weight excluding hydrogens is 232 g/mol. The van der Waals surface area contributed by atoms with Crippen LogP contribution in [-0.2, 0) is 9.47 Å². The maximum atomic E-state index is 9.89. The van der Waals surface area contributed by atoms with Gasteiger partial charge in [0.1, 0.15) is 5.76 Å². The topological polar surface area (TPSA) is 77.1 Å². The van der Waals surface area contributed by atoms with Crippen molar-refractivity contribution in [3.05, 3.63) is 36.1 Å². The molecule has 0 saturated heterocycles. The number of ether oxygens (including phenoxy) is 2. The Hall–Kier alpha value is -1.59. The molecule has 0 aromatic heterocycles. The molecule has 0 aromatic rings. The summed E-state index contributed by atoms with van der Waals surface area (Å²) in [5.74, 6) is 0.370. The summed E-state index contributed by atoms with van der Waals surface area (Å²) in [6.45, 7) is 7.89. The van der Waals surface area contributed by atoms with Gasteiger partial charge in [-0.2, -0.15) is 0 Å². The van der Waals surface area contributed by atoms with Gasteiger partial charge in [0.25, 0.3) is 6.02 Å². The third kappa shape index (κ3) is 3.45. The predicted octanol–water partition coefficient (Wildman–Crippen LogP) is 1.32. The Labute approximate surface area is 107 Å². The Balaban J connectivity index is 3.06. The Morgan fingerprint density at radius 3 is 2.89 bits per heavy atom. The van der Waals surface area contributed by atoms with Gasteiger partial charge in [-0.15, -0.1) is 0 Å². The summed E-state index contributed by atoms with van der Waals surface area (Å²) in [5.41, 5.74) is 5.76. The van der Waals surface area contributed by atoms with Gasteiger partial charge in [-0.1, -0.05) is 32.6 Å². The zero-order chi connectivity index (χ0) is 13.8. The fourth-order valence-electron chi connectivity index (χ4n) is 1.58. The number of hydrogen-bond donors (Lipinski definition) is 2. The summed E-state index contributed by atoms with van der Waals surface area (Å²) in [5, 5.41) is 9.89. The van der Waals surface area contributed by atoms with E-state index in [4.69, 9.17) is 15.2 Å². The number of nitrogens with zero attached hydrogens (tertiary/aromatic N) is 1. The van der Waals surface area contributed by atoms with E-state index in [0.717, 1.165) is 5.57 Å². The Bertz CT molecular complexity index is 408. The van der Waals surface area contributed by atoms with Crippen molar-refractivity contribution < 1.29 is 14.6 Å². The molecule has 1 heterocycles. The molecule has 1 rings (SSSR count). The minimum atomic E-state index is -0.930. The Morgan fingerprint density at radius 2 is 2.28 bits per heavy atom. The number of methoxy groups -OCH3 is 1. The lowest BCUT2D eigenvalue weighted by Gasteiger charge is -2.30. The molecule has 5 heteroatoms. The molecule has 1 unspecified atom stereocenters. The lowest BCUT2D eigenvalue weighted by molar-refractivity contribution is -0.131. The van der Waals surface area contributed by atoms with E-state index in [1.807, 2.05) is 26.0 Å². The van der Waals surface area contributed by atoms with E-state index < -0.39 is 11.7 Å². The first-order valence-electron chi connectivity index (χ1n) is 5.64. The summed E-state index contributed by atoms with van der Waals surface area (Å²) >= 11 is 0. The number of aliphatic imine (C=N–C) groups is 1. The lowest BCUT2D eigenvalue weighted by atomic mass is 9.82. The second-order valence-corrected chi connectivity index (χ2v) is 4.56. The first-order valence-corrected chi connectivity index (χ1v) is 5.64. The van der Waals surface area contributed by atoms with Crippen LogP contribution in [-0.4, -0.2) is 31.1 Å². The van der Waals surface area contributed by atoms with Gasteiger partial charge in [-0.25, -0.2) is 4.99 Å². The van der Waals surface area contributed by atoms with Crippen molar-refractivity contribution in [2.75, 3.05) is 13.7 Å². The number of hydrogen-bond acceptors (Lipinski definition) is 5. The highest BCUT2D eigenvalue weighted by Crippen LogP contribution is 2.33. The van der Waals surface area contributed by atoms with Crippen molar-refractivity contribution in [1.82, 2.24) is 0 Å². The smallest absolute Gasteiger partial charge is 0.287 e. The van der Waals surface area contributed by atoms with E-state index in [2.05, 4.69) is 11.6 Å². The zero-order valence-corrected chi connectivity index (χ0v) is 11.0. The first kappa shape index (κ1) is 14.5. The summed E-state index contributed by atoms with van der Waals surface area (Å²) < 4.78 is 10.2. The Kier molecular flexibility index (Phi) is 4.69. The number of aliphatic hydroxyl groups is 1. The van der Waals surface area contributed by atoms with Crippen LogP contribution in [0.1, 0.15) is 13.8 Å². The van der Waals surface area contributed by atoms with Crippen molar-refractivity contribution in [2.24, 2.45) is 16.1 Å². The van der Waals surface area contributed by atoms with Crippen molar-refractivity contribution in [1.29, 1.82) is 0 Å². The second-order valence-electron chi connectivity index (χ2n) is 4.56. The largest absolute Gasteiger partial charge is 0.427 e. The fraction of sp³-hybridized carbons (Fsp3) is 0.462. The van der Waals surface area contributed by atoms with E-state index in [-0.39, 0.29) is 6.02 Å². The highest BCUT2D eigenvalue weighted by molar-refractivity contribution is 5.73. The molecule has 0 amide bonds. The van der Waals surface area contributed by atoms with Gasteiger partial charge in [0, 0.05) is 12.5 Å². The molecular formula is C13H20N2O3.